The van der Waals surface area contributed by atoms with Crippen molar-refractivity contribution in [2.45, 2.75) is 24.9 Å². The average molecular weight is 342 g/mol. The van der Waals surface area contributed by atoms with Crippen molar-refractivity contribution < 1.29 is 142 Å². The molecule has 0 aromatic carbocycles. The van der Waals surface area contributed by atoms with E-state index < -0.39 is 48.8 Å². The van der Waals surface area contributed by atoms with E-state index in [1.807, 2.05) is 0 Å². The molecule has 0 aliphatic carbocycles. The SMILES string of the molecule is N[C@@H](CC(=O)[O-])C(=O)O.N[C@@H](CC(=O)[O-])C(=O)O.[K+].[K+]. The fourth-order valence-electron chi connectivity index (χ4n) is 0.534. The maximum Gasteiger partial charge on any atom is 1.00 e. The zero-order valence-electron chi connectivity index (χ0n) is 11.1. The van der Waals surface area contributed by atoms with E-state index in [2.05, 4.69) is 0 Å². The number of carbonyl (C=O) groups excluding carboxylic acids is 2. The zero-order chi connectivity index (χ0) is 14.9. The topological polar surface area (TPSA) is 207 Å². The number of aliphatic carboxylic acids is 4. The molecule has 0 aromatic rings. The molecule has 0 heterocycles. The minimum atomic E-state index is -1.45. The van der Waals surface area contributed by atoms with Gasteiger partial charge in [-0.25, -0.2) is 0 Å². The van der Waals surface area contributed by atoms with Crippen LogP contribution in [0.15, 0.2) is 0 Å². The third-order valence-corrected chi connectivity index (χ3v) is 1.41. The van der Waals surface area contributed by atoms with Crippen LogP contribution in [-0.2, 0) is 19.2 Å². The molecule has 0 bridgehead atoms. The Morgan fingerprint density at radius 1 is 0.800 bits per heavy atom. The smallest absolute Gasteiger partial charge is 0.550 e. The van der Waals surface area contributed by atoms with Crippen LogP contribution in [0.3, 0.4) is 0 Å². The van der Waals surface area contributed by atoms with E-state index in [1.54, 1.807) is 0 Å². The molecule has 0 saturated carbocycles. The van der Waals surface area contributed by atoms with Crippen molar-refractivity contribution >= 4 is 23.9 Å². The number of hydrogen-bond donors (Lipinski definition) is 4. The molecule has 0 aliphatic rings. The largest absolute Gasteiger partial charge is 1.00 e. The summed E-state index contributed by atoms with van der Waals surface area (Å²) in [5.74, 6) is -5.58. The first kappa shape index (κ1) is 29.1. The maximum atomic E-state index is 9.82. The molecule has 0 fully saturated rings. The second-order valence-corrected chi connectivity index (χ2v) is 3.04. The summed E-state index contributed by atoms with van der Waals surface area (Å²) < 4.78 is 0. The van der Waals surface area contributed by atoms with Gasteiger partial charge in [-0.05, 0) is 0 Å². The molecule has 20 heavy (non-hydrogen) atoms. The predicted octanol–water partition coefficient (Wildman–Crippen LogP) is -10.9. The summed E-state index contributed by atoms with van der Waals surface area (Å²) in [5, 5.41) is 35.3. The summed E-state index contributed by atoms with van der Waals surface area (Å²) >= 11 is 0. The van der Waals surface area contributed by atoms with Gasteiger partial charge in [0.25, 0.3) is 0 Å². The Bertz CT molecular complexity index is 306. The Labute approximate surface area is 199 Å². The summed E-state index contributed by atoms with van der Waals surface area (Å²) in [4.78, 5) is 39.0. The molecule has 0 unspecified atom stereocenters. The van der Waals surface area contributed by atoms with Gasteiger partial charge in [0.1, 0.15) is 12.1 Å². The number of rotatable bonds is 6. The second kappa shape index (κ2) is 16.4. The Morgan fingerprint density at radius 3 is 1.05 bits per heavy atom. The maximum absolute atomic E-state index is 9.82. The van der Waals surface area contributed by atoms with Gasteiger partial charge in [0.15, 0.2) is 0 Å². The number of carbonyl (C=O) groups is 4. The molecule has 0 saturated heterocycles. The summed E-state index contributed by atoms with van der Waals surface area (Å²) in [7, 11) is 0. The number of hydrogen-bond acceptors (Lipinski definition) is 8. The minimum Gasteiger partial charge on any atom is -0.550 e. The van der Waals surface area contributed by atoms with Crippen LogP contribution in [0.1, 0.15) is 12.8 Å². The Kier molecular flexibility index (Phi) is 23.9. The molecule has 0 aromatic heterocycles. The number of carboxylic acid groups (broad SMARTS) is 4. The van der Waals surface area contributed by atoms with Crippen LogP contribution in [0.5, 0.6) is 0 Å². The third kappa shape index (κ3) is 21.4. The molecule has 0 spiro atoms. The van der Waals surface area contributed by atoms with Gasteiger partial charge in [-0.2, -0.15) is 0 Å². The monoisotopic (exact) mass is 342 g/mol. The molecule has 104 valence electrons. The van der Waals surface area contributed by atoms with Crippen LogP contribution < -0.4 is 124 Å². The van der Waals surface area contributed by atoms with Crippen molar-refractivity contribution in [3.63, 3.8) is 0 Å². The van der Waals surface area contributed by atoms with Crippen molar-refractivity contribution in [2.75, 3.05) is 0 Å². The minimum absolute atomic E-state index is 0. The van der Waals surface area contributed by atoms with E-state index in [9.17, 15) is 29.4 Å². The Hall–Kier alpha value is 1.07. The normalized spacial score (nSPS) is 11.3. The van der Waals surface area contributed by atoms with Crippen LogP contribution in [0.2, 0.25) is 0 Å². The van der Waals surface area contributed by atoms with Crippen LogP contribution in [0.25, 0.3) is 0 Å². The zero-order valence-corrected chi connectivity index (χ0v) is 17.3. The molecule has 12 heteroatoms. The standard InChI is InChI=1S/2C4H7NO4.2K/c2*5-2(4(8)9)1-3(6)7;;/h2*2H,1,5H2,(H,6,7)(H,8,9);;/q;;2*+1/p-2/t2*2-;;/m00../s1. The van der Waals surface area contributed by atoms with Crippen molar-refractivity contribution in [3.8, 4) is 0 Å². The summed E-state index contributed by atoms with van der Waals surface area (Å²) in [5.41, 5.74) is 9.59. The first-order chi connectivity index (χ1) is 8.07. The fourth-order valence-corrected chi connectivity index (χ4v) is 0.534. The number of nitrogens with two attached hydrogens (primary N) is 2. The van der Waals surface area contributed by atoms with Gasteiger partial charge in [-0.15, -0.1) is 0 Å². The molecule has 10 nitrogen and oxygen atoms in total. The fraction of sp³-hybridized carbons (Fsp3) is 0.500. The average Bonchev–Trinajstić information content (AvgIpc) is 2.16. The Balaban J connectivity index is -0.000000116. The first-order valence-corrected chi connectivity index (χ1v) is 4.44. The molecule has 2 atom stereocenters. The molecule has 0 rings (SSSR count). The van der Waals surface area contributed by atoms with E-state index in [-0.39, 0.29) is 103 Å². The summed E-state index contributed by atoms with van der Waals surface area (Å²) in [6.45, 7) is 0. The van der Waals surface area contributed by atoms with Crippen LogP contribution in [0.4, 0.5) is 0 Å². The quantitative estimate of drug-likeness (QED) is 0.335. The Morgan fingerprint density at radius 2 is 1.00 bits per heavy atom. The van der Waals surface area contributed by atoms with E-state index in [0.717, 1.165) is 0 Å². The molecular weight excluding hydrogens is 330 g/mol. The van der Waals surface area contributed by atoms with Gasteiger partial charge < -0.3 is 41.5 Å². The third-order valence-electron chi connectivity index (χ3n) is 1.41. The number of carboxylic acids is 4. The van der Waals surface area contributed by atoms with Crippen LogP contribution >= 0.6 is 0 Å². The molecule has 6 N–H and O–H groups in total. The van der Waals surface area contributed by atoms with E-state index in [1.165, 1.54) is 0 Å². The first-order valence-electron chi connectivity index (χ1n) is 4.44. The molecular formula is C8H12K2N2O8. The van der Waals surface area contributed by atoms with Gasteiger partial charge >= 0.3 is 115 Å². The van der Waals surface area contributed by atoms with Crippen LogP contribution in [0, 0.1) is 0 Å². The van der Waals surface area contributed by atoms with Crippen molar-refractivity contribution in [2.24, 2.45) is 11.5 Å². The van der Waals surface area contributed by atoms with E-state index in [0.29, 0.717) is 0 Å². The van der Waals surface area contributed by atoms with Gasteiger partial charge in [0, 0.05) is 24.8 Å². The van der Waals surface area contributed by atoms with E-state index >= 15 is 0 Å². The van der Waals surface area contributed by atoms with Gasteiger partial charge in [-0.1, -0.05) is 0 Å². The summed E-state index contributed by atoms with van der Waals surface area (Å²) in [6, 6.07) is -2.70. The van der Waals surface area contributed by atoms with Crippen LogP contribution in [-0.4, -0.2) is 46.2 Å². The molecule has 0 radical (unpaired) electrons. The van der Waals surface area contributed by atoms with Gasteiger partial charge in [0.2, 0.25) is 0 Å². The summed E-state index contributed by atoms with van der Waals surface area (Å²) in [6.07, 6.45) is -1.29. The second-order valence-electron chi connectivity index (χ2n) is 3.04. The van der Waals surface area contributed by atoms with Crippen molar-refractivity contribution in [1.82, 2.24) is 0 Å². The van der Waals surface area contributed by atoms with Crippen molar-refractivity contribution in [3.05, 3.63) is 0 Å². The van der Waals surface area contributed by atoms with Crippen molar-refractivity contribution in [1.29, 1.82) is 0 Å². The molecule has 0 aliphatic heterocycles. The predicted molar refractivity (Wildman–Crippen MR) is 50.5 cm³/mol. The van der Waals surface area contributed by atoms with E-state index in [4.69, 9.17) is 21.7 Å². The van der Waals surface area contributed by atoms with Gasteiger partial charge in [0.05, 0.1) is 0 Å². The van der Waals surface area contributed by atoms with Gasteiger partial charge in [-0.3, -0.25) is 9.59 Å². The molecule has 0 amide bonds.